The van der Waals surface area contributed by atoms with Crippen LogP contribution < -0.4 is 14.6 Å². The highest BCUT2D eigenvalue weighted by Gasteiger charge is 2.58. The number of allylic oxidation sites excluding steroid dienone is 2. The molecule has 2 aliphatic heterocycles. The summed E-state index contributed by atoms with van der Waals surface area (Å²) in [6, 6.07) is 17.2. The number of ether oxygens (including phenoxy) is 2. The molecule has 0 fully saturated rings. The lowest BCUT2D eigenvalue weighted by Gasteiger charge is -2.41. The van der Waals surface area contributed by atoms with E-state index in [9.17, 15) is 9.59 Å². The summed E-state index contributed by atoms with van der Waals surface area (Å²) in [5.41, 5.74) is 2.34. The Morgan fingerprint density at radius 3 is 2.41 bits per heavy atom. The Hall–Kier alpha value is -2.91. The molecule has 32 heavy (non-hydrogen) atoms. The topological polar surface area (TPSA) is 71.4 Å². The Morgan fingerprint density at radius 2 is 1.75 bits per heavy atom. The Kier molecular flexibility index (Phi) is 6.21. The number of hydrogen-bond acceptors (Lipinski definition) is 9. The largest absolute Gasteiger partial charge is 0.495 e. The molecule has 7 nitrogen and oxygen atoms in total. The van der Waals surface area contributed by atoms with Crippen LogP contribution in [0.15, 0.2) is 70.3 Å². The molecule has 0 aliphatic carbocycles. The maximum Gasteiger partial charge on any atom is 0.365 e. The molecule has 0 aromatic heterocycles. The summed E-state index contributed by atoms with van der Waals surface area (Å²) in [6.45, 7) is 5.46. The number of hydrogen-bond donors (Lipinski definition) is 0. The fourth-order valence-electron chi connectivity index (χ4n) is 3.66. The predicted molar refractivity (Wildman–Crippen MR) is 130 cm³/mol. The average molecular weight is 470 g/mol. The maximum atomic E-state index is 12.7. The zero-order valence-electron chi connectivity index (χ0n) is 18.2. The molecule has 166 valence electrons. The van der Waals surface area contributed by atoms with E-state index in [1.807, 2.05) is 66.4 Å². The number of carbonyl (C=O) groups is 2. The van der Waals surface area contributed by atoms with Crippen molar-refractivity contribution in [3.05, 3.63) is 65.2 Å². The molecule has 4 rings (SSSR count). The number of benzene rings is 2. The van der Waals surface area contributed by atoms with E-state index in [2.05, 4.69) is 5.10 Å². The van der Waals surface area contributed by atoms with E-state index < -0.39 is 10.3 Å². The quantitative estimate of drug-likeness (QED) is 0.558. The van der Waals surface area contributed by atoms with Crippen LogP contribution in [0.1, 0.15) is 20.8 Å². The molecule has 0 amide bonds. The first-order chi connectivity index (χ1) is 15.4. The van der Waals surface area contributed by atoms with Crippen LogP contribution in [-0.4, -0.2) is 34.8 Å². The smallest absolute Gasteiger partial charge is 0.365 e. The van der Waals surface area contributed by atoms with Gasteiger partial charge >= 0.3 is 5.97 Å². The predicted octanol–water partition coefficient (Wildman–Crippen LogP) is 4.81. The molecule has 9 heteroatoms. The van der Waals surface area contributed by atoms with Gasteiger partial charge in [0.15, 0.2) is 5.78 Å². The number of methoxy groups -OCH3 is 1. The Bertz CT molecular complexity index is 1120. The Morgan fingerprint density at radius 1 is 1.06 bits per heavy atom. The van der Waals surface area contributed by atoms with Gasteiger partial charge in [-0.25, -0.2) is 9.80 Å². The fourth-order valence-corrected chi connectivity index (χ4v) is 6.60. The van der Waals surface area contributed by atoms with E-state index in [-0.39, 0.29) is 17.4 Å². The van der Waals surface area contributed by atoms with Gasteiger partial charge in [0, 0.05) is 11.4 Å². The van der Waals surface area contributed by atoms with Crippen LogP contribution in [0, 0.1) is 0 Å². The number of nitrogens with zero attached hydrogens (tertiary/aromatic N) is 3. The molecule has 2 aromatic rings. The van der Waals surface area contributed by atoms with Crippen molar-refractivity contribution in [2.45, 2.75) is 25.1 Å². The minimum absolute atomic E-state index is 0.0459. The molecule has 0 radical (unpaired) electrons. The molecule has 2 aliphatic rings. The van der Waals surface area contributed by atoms with Crippen LogP contribution in [0.5, 0.6) is 5.75 Å². The van der Waals surface area contributed by atoms with Gasteiger partial charge in [0.2, 0.25) is 9.37 Å². The number of rotatable bonds is 6. The standard InChI is InChI=1S/C23H23N3O4S2/c1-5-30-22(28)21-24-26(18-13-9-10-14-19(18)29-4)23(32-21)25(17-11-7-6-8-12-17)15(2)20(31-23)16(3)27/h6-14H,5H2,1-4H3/t23-/m1/s1. The van der Waals surface area contributed by atoms with Crippen molar-refractivity contribution in [3.8, 4) is 5.75 Å². The van der Waals surface area contributed by atoms with Gasteiger partial charge in [-0.15, -0.1) is 0 Å². The van der Waals surface area contributed by atoms with Crippen molar-refractivity contribution in [2.75, 3.05) is 23.6 Å². The number of thioether (sulfide) groups is 2. The third-order valence-corrected chi connectivity index (χ3v) is 7.94. The second kappa shape index (κ2) is 8.91. The van der Waals surface area contributed by atoms with E-state index >= 15 is 0 Å². The van der Waals surface area contributed by atoms with E-state index in [4.69, 9.17) is 9.47 Å². The van der Waals surface area contributed by atoms with Gasteiger partial charge in [0.1, 0.15) is 11.4 Å². The second-order valence-corrected chi connectivity index (χ2v) is 9.60. The highest BCUT2D eigenvalue weighted by Crippen LogP contribution is 2.61. The Labute approximate surface area is 195 Å². The summed E-state index contributed by atoms with van der Waals surface area (Å²) in [6.07, 6.45) is 0. The first kappa shape index (κ1) is 22.3. The highest BCUT2D eigenvalue weighted by molar-refractivity contribution is 8.29. The monoisotopic (exact) mass is 469 g/mol. The summed E-state index contributed by atoms with van der Waals surface area (Å²) in [7, 11) is 1.59. The molecule has 1 spiro atoms. The highest BCUT2D eigenvalue weighted by atomic mass is 32.2. The molecule has 2 heterocycles. The van der Waals surface area contributed by atoms with Crippen LogP contribution >= 0.6 is 23.5 Å². The van der Waals surface area contributed by atoms with Gasteiger partial charge in [0.25, 0.3) is 0 Å². The molecule has 0 bridgehead atoms. The van der Waals surface area contributed by atoms with Crippen LogP contribution in [0.3, 0.4) is 0 Å². The second-order valence-electron chi connectivity index (χ2n) is 7.00. The van der Waals surface area contributed by atoms with Gasteiger partial charge in [-0.2, -0.15) is 5.10 Å². The summed E-state index contributed by atoms with van der Waals surface area (Å²) in [4.78, 5) is 27.9. The number of carbonyl (C=O) groups excluding carboxylic acids is 2. The van der Waals surface area contributed by atoms with Crippen molar-refractivity contribution in [1.29, 1.82) is 0 Å². The lowest BCUT2D eigenvalue weighted by molar-refractivity contribution is -0.134. The normalized spacial score (nSPS) is 20.1. The molecule has 0 unspecified atom stereocenters. The van der Waals surface area contributed by atoms with Crippen LogP contribution in [0.25, 0.3) is 0 Å². The van der Waals surface area contributed by atoms with E-state index in [1.54, 1.807) is 26.0 Å². The summed E-state index contributed by atoms with van der Waals surface area (Å²) < 4.78 is 9.87. The van der Waals surface area contributed by atoms with Crippen molar-refractivity contribution in [1.82, 2.24) is 0 Å². The lowest BCUT2D eigenvalue weighted by Crippen LogP contribution is -2.49. The molecule has 0 N–H and O–H groups in total. The summed E-state index contributed by atoms with van der Waals surface area (Å²) in [5.74, 6) is 0.0520. The third kappa shape index (κ3) is 3.65. The van der Waals surface area contributed by atoms with Gasteiger partial charge in [0.05, 0.1) is 18.6 Å². The average Bonchev–Trinajstić information content (AvgIpc) is 3.32. The molecular formula is C23H23N3O4S2. The van der Waals surface area contributed by atoms with Crippen molar-refractivity contribution in [3.63, 3.8) is 0 Å². The fraction of sp³-hybridized carbons (Fsp3) is 0.261. The number of anilines is 2. The summed E-state index contributed by atoms with van der Waals surface area (Å²) in [5, 5.41) is 6.64. The number of Topliss-reactive ketones (excluding diaryl/α,β-unsaturated/α-hetero) is 1. The number of para-hydroxylation sites is 3. The lowest BCUT2D eigenvalue weighted by atomic mass is 10.2. The maximum absolute atomic E-state index is 12.7. The van der Waals surface area contributed by atoms with Crippen LogP contribution in [0.4, 0.5) is 11.4 Å². The van der Waals surface area contributed by atoms with Gasteiger partial charge < -0.3 is 14.4 Å². The Balaban J connectivity index is 1.93. The zero-order valence-corrected chi connectivity index (χ0v) is 19.8. The van der Waals surface area contributed by atoms with Gasteiger partial charge in [-0.05, 0) is 56.8 Å². The number of esters is 1. The minimum atomic E-state index is -0.983. The van der Waals surface area contributed by atoms with Crippen LogP contribution in [-0.2, 0) is 14.3 Å². The van der Waals surface area contributed by atoms with E-state index in [0.29, 0.717) is 16.3 Å². The SMILES string of the molecule is CCOC(=O)C1=NN(c2ccccc2OC)[C@@]2(S1)SC(C(C)=O)=C(C)N2c1ccccc1. The number of ketones is 1. The minimum Gasteiger partial charge on any atom is -0.495 e. The van der Waals surface area contributed by atoms with Crippen molar-refractivity contribution < 1.29 is 19.1 Å². The molecule has 1 atom stereocenters. The van der Waals surface area contributed by atoms with Gasteiger partial charge in [-0.1, -0.05) is 42.1 Å². The third-order valence-electron chi connectivity index (χ3n) is 4.97. The first-order valence-corrected chi connectivity index (χ1v) is 11.7. The summed E-state index contributed by atoms with van der Waals surface area (Å²) >= 11 is 2.63. The number of hydrazone groups is 1. The first-order valence-electron chi connectivity index (χ1n) is 10.1. The van der Waals surface area contributed by atoms with Crippen molar-refractivity contribution in [2.24, 2.45) is 5.10 Å². The molecule has 0 saturated carbocycles. The van der Waals surface area contributed by atoms with Gasteiger partial charge in [-0.3, -0.25) is 4.79 Å². The van der Waals surface area contributed by atoms with E-state index in [0.717, 1.165) is 11.4 Å². The van der Waals surface area contributed by atoms with Crippen LogP contribution in [0.2, 0.25) is 0 Å². The molecular weight excluding hydrogens is 446 g/mol. The molecule has 0 saturated heterocycles. The molecule has 2 aromatic carbocycles. The van der Waals surface area contributed by atoms with Crippen molar-refractivity contribution >= 4 is 51.7 Å². The van der Waals surface area contributed by atoms with E-state index in [1.165, 1.54) is 23.5 Å². The zero-order chi connectivity index (χ0) is 22.9.